The summed E-state index contributed by atoms with van der Waals surface area (Å²) in [5.74, 6) is 0. The molecule has 0 saturated heterocycles. The molecule has 266 valence electrons. The van der Waals surface area contributed by atoms with Gasteiger partial charge in [-0.25, -0.2) is 0 Å². The van der Waals surface area contributed by atoms with Gasteiger partial charge in [0, 0.05) is 0 Å². The quantitative estimate of drug-likeness (QED) is 0.167. The van der Waals surface area contributed by atoms with Crippen LogP contribution in [0.3, 0.4) is 0 Å². The van der Waals surface area contributed by atoms with Gasteiger partial charge in [-0.3, -0.25) is 0 Å². The lowest BCUT2D eigenvalue weighted by Gasteiger charge is -2.34. The number of benzene rings is 7. The van der Waals surface area contributed by atoms with Crippen LogP contribution in [0.25, 0.3) is 38.6 Å². The highest BCUT2D eigenvalue weighted by Gasteiger charge is 2.46. The molecule has 0 spiro atoms. The molecule has 0 amide bonds. The second-order valence-electron chi connectivity index (χ2n) is 15.2. The minimum Gasteiger partial charge on any atom is -0.0836 e. The third-order valence-corrected chi connectivity index (χ3v) is 11.8. The minimum atomic E-state index is -0.351. The molecule has 55 heavy (non-hydrogen) atoms. The average Bonchev–Trinajstić information content (AvgIpc) is 3.57. The molecule has 0 bridgehead atoms. The lowest BCUT2D eigenvalue weighted by Crippen LogP contribution is -2.28. The normalized spacial score (nSPS) is 16.9. The summed E-state index contributed by atoms with van der Waals surface area (Å²) >= 11 is 0. The molecule has 10 rings (SSSR count). The summed E-state index contributed by atoms with van der Waals surface area (Å²) in [7, 11) is 0. The zero-order chi connectivity index (χ0) is 37.2. The van der Waals surface area contributed by atoms with E-state index in [1.807, 2.05) is 0 Å². The van der Waals surface area contributed by atoms with Gasteiger partial charge in [0.05, 0.1) is 5.41 Å². The number of fused-ring (bicyclic) bond motifs is 4. The summed E-state index contributed by atoms with van der Waals surface area (Å²) in [4.78, 5) is 0. The number of allylic oxidation sites excluding steroid dienone is 8. The van der Waals surface area contributed by atoms with Crippen LogP contribution >= 0.6 is 0 Å². The first-order valence-electron chi connectivity index (χ1n) is 19.8. The van der Waals surface area contributed by atoms with E-state index in [4.69, 9.17) is 0 Å². The molecule has 0 radical (unpaired) electrons. The topological polar surface area (TPSA) is 0 Å². The Morgan fingerprint density at radius 3 is 1.89 bits per heavy atom. The molecule has 0 aromatic heterocycles. The van der Waals surface area contributed by atoms with Crippen LogP contribution in [0.15, 0.2) is 205 Å². The molecule has 3 aliphatic rings. The van der Waals surface area contributed by atoms with Crippen LogP contribution in [0.2, 0.25) is 0 Å². The van der Waals surface area contributed by atoms with Crippen LogP contribution in [-0.2, 0) is 5.41 Å². The molecule has 7 aromatic rings. The van der Waals surface area contributed by atoms with Crippen molar-refractivity contribution in [2.45, 2.75) is 44.9 Å². The van der Waals surface area contributed by atoms with Crippen LogP contribution in [0.1, 0.15) is 64.6 Å². The van der Waals surface area contributed by atoms with Gasteiger partial charge in [-0.1, -0.05) is 200 Å². The maximum atomic E-state index is 2.37. The Balaban J connectivity index is 0.000000176. The highest BCUT2D eigenvalue weighted by molar-refractivity contribution is 5.97. The highest BCUT2D eigenvalue weighted by atomic mass is 14.5. The van der Waals surface area contributed by atoms with Crippen LogP contribution in [0.5, 0.6) is 0 Å². The molecule has 3 aliphatic carbocycles. The molecule has 0 N–H and O–H groups in total. The molecule has 0 heterocycles. The molecule has 1 unspecified atom stereocenters. The third-order valence-electron chi connectivity index (χ3n) is 11.8. The number of aryl methyl sites for hydroxylation is 2. The molecule has 0 nitrogen and oxygen atoms in total. The van der Waals surface area contributed by atoms with E-state index in [0.717, 1.165) is 12.8 Å². The lowest BCUT2D eigenvalue weighted by molar-refractivity contribution is 0.768. The van der Waals surface area contributed by atoms with Crippen molar-refractivity contribution in [3.8, 4) is 22.3 Å². The second kappa shape index (κ2) is 14.9. The molecule has 1 atom stereocenters. The Hall–Kier alpha value is -6.24. The van der Waals surface area contributed by atoms with Crippen LogP contribution in [-0.4, -0.2) is 0 Å². The first-order chi connectivity index (χ1) is 27.1. The van der Waals surface area contributed by atoms with Crippen molar-refractivity contribution in [2.24, 2.45) is 0 Å². The first-order valence-corrected chi connectivity index (χ1v) is 19.8. The van der Waals surface area contributed by atoms with Gasteiger partial charge in [0.15, 0.2) is 0 Å². The fraction of sp³-hybridized carbons (Fsp3) is 0.127. The fourth-order valence-electron chi connectivity index (χ4n) is 9.10. The van der Waals surface area contributed by atoms with Crippen molar-refractivity contribution in [3.63, 3.8) is 0 Å². The van der Waals surface area contributed by atoms with Gasteiger partial charge in [-0.15, -0.1) is 0 Å². The SMILES string of the molecule is Cc1ccc(C2=CC=C(C3=CCCC=C3)CC2)cc1.Cc1cccc2c1-c1ccccc1C2(c1ccccc1)c1ccc(-c2cccc3ccccc23)cc1. The average molecular weight is 707 g/mol. The van der Waals surface area contributed by atoms with Crippen molar-refractivity contribution in [1.82, 2.24) is 0 Å². The van der Waals surface area contributed by atoms with Crippen LogP contribution in [0.4, 0.5) is 0 Å². The van der Waals surface area contributed by atoms with Gasteiger partial charge in [0.25, 0.3) is 0 Å². The maximum absolute atomic E-state index is 2.37. The Morgan fingerprint density at radius 2 is 1.11 bits per heavy atom. The smallest absolute Gasteiger partial charge is 0.0713 e. The van der Waals surface area contributed by atoms with Crippen molar-refractivity contribution < 1.29 is 0 Å². The monoisotopic (exact) mass is 706 g/mol. The van der Waals surface area contributed by atoms with Crippen molar-refractivity contribution in [2.75, 3.05) is 0 Å². The first kappa shape index (κ1) is 34.5. The summed E-state index contributed by atoms with van der Waals surface area (Å²) in [6.07, 6.45) is 16.2. The summed E-state index contributed by atoms with van der Waals surface area (Å²) in [5.41, 5.74) is 18.6. The van der Waals surface area contributed by atoms with E-state index in [-0.39, 0.29) is 5.41 Å². The minimum absolute atomic E-state index is 0.351. The van der Waals surface area contributed by atoms with Crippen LogP contribution in [0, 0.1) is 13.8 Å². The zero-order valence-corrected chi connectivity index (χ0v) is 31.8. The van der Waals surface area contributed by atoms with E-state index in [1.165, 1.54) is 102 Å². The van der Waals surface area contributed by atoms with Gasteiger partial charge in [-0.05, 0) is 123 Å². The zero-order valence-electron chi connectivity index (χ0n) is 31.8. The third kappa shape index (κ3) is 6.32. The van der Waals surface area contributed by atoms with Gasteiger partial charge in [0.2, 0.25) is 0 Å². The Kier molecular flexibility index (Phi) is 9.34. The van der Waals surface area contributed by atoms with Gasteiger partial charge in [0.1, 0.15) is 0 Å². The molecule has 0 fully saturated rings. The summed E-state index contributed by atoms with van der Waals surface area (Å²) in [5, 5.41) is 2.56. The van der Waals surface area contributed by atoms with Crippen molar-refractivity contribution in [1.29, 1.82) is 0 Å². The summed E-state index contributed by atoms with van der Waals surface area (Å²) in [6, 6.07) is 60.1. The molecule has 0 heteroatoms. The standard InChI is InChI=1S/C36H26.C19H20/c1-25-11-9-20-34-35(25)32-17-7-8-19-33(32)36(34,28-14-3-2-4-15-28)29-23-21-27(22-24-29)31-18-10-13-26-12-5-6-16-30(26)31;1-15-7-9-17(10-8-15)19-13-11-18(12-14-19)16-5-3-2-4-6-16/h2-24H,1H3;3,5-11,13H,2,4,12,14H2,1H3. The largest absolute Gasteiger partial charge is 0.0836 e. The van der Waals surface area contributed by atoms with Crippen LogP contribution < -0.4 is 0 Å². The second-order valence-corrected chi connectivity index (χ2v) is 15.2. The molecular weight excluding hydrogens is 661 g/mol. The van der Waals surface area contributed by atoms with E-state index in [9.17, 15) is 0 Å². The summed E-state index contributed by atoms with van der Waals surface area (Å²) < 4.78 is 0. The molecule has 7 aromatic carbocycles. The summed E-state index contributed by atoms with van der Waals surface area (Å²) in [6.45, 7) is 4.37. The number of hydrogen-bond acceptors (Lipinski definition) is 0. The fourth-order valence-corrected chi connectivity index (χ4v) is 9.10. The molecule has 0 saturated carbocycles. The Labute approximate surface area is 326 Å². The van der Waals surface area contributed by atoms with Gasteiger partial charge < -0.3 is 0 Å². The number of rotatable bonds is 5. The number of hydrogen-bond donors (Lipinski definition) is 0. The predicted molar refractivity (Wildman–Crippen MR) is 234 cm³/mol. The van der Waals surface area contributed by atoms with Crippen molar-refractivity contribution in [3.05, 3.63) is 244 Å². The van der Waals surface area contributed by atoms with Gasteiger partial charge >= 0.3 is 0 Å². The molecular formula is C55H46. The van der Waals surface area contributed by atoms with E-state index in [2.05, 4.69) is 208 Å². The maximum Gasteiger partial charge on any atom is 0.0713 e. The Morgan fingerprint density at radius 1 is 0.473 bits per heavy atom. The molecule has 0 aliphatic heterocycles. The van der Waals surface area contributed by atoms with E-state index >= 15 is 0 Å². The van der Waals surface area contributed by atoms with E-state index in [1.54, 1.807) is 0 Å². The predicted octanol–water partition coefficient (Wildman–Crippen LogP) is 14.6. The Bertz CT molecular complexity index is 2620. The van der Waals surface area contributed by atoms with Crippen molar-refractivity contribution >= 4 is 16.3 Å². The van der Waals surface area contributed by atoms with E-state index in [0.29, 0.717) is 0 Å². The lowest BCUT2D eigenvalue weighted by atomic mass is 9.67. The van der Waals surface area contributed by atoms with E-state index < -0.39 is 0 Å². The van der Waals surface area contributed by atoms with Gasteiger partial charge in [-0.2, -0.15) is 0 Å². The highest BCUT2D eigenvalue weighted by Crippen LogP contribution is 2.57.